The fourth-order valence-corrected chi connectivity index (χ4v) is 3.78. The van der Waals surface area contributed by atoms with E-state index in [9.17, 15) is 4.79 Å². The van der Waals surface area contributed by atoms with Crippen LogP contribution in [0.2, 0.25) is 5.02 Å². The third kappa shape index (κ3) is 4.03. The van der Waals surface area contributed by atoms with Gasteiger partial charge in [0.2, 0.25) is 0 Å². The second kappa shape index (κ2) is 7.92. The third-order valence-electron chi connectivity index (χ3n) is 4.95. The summed E-state index contributed by atoms with van der Waals surface area (Å²) in [7, 11) is 0. The van der Waals surface area contributed by atoms with Crippen LogP contribution in [0.1, 0.15) is 33.6 Å². The molecule has 0 radical (unpaired) electrons. The Morgan fingerprint density at radius 3 is 2.81 bits per heavy atom. The molecule has 0 bridgehead atoms. The number of carbonyl (C=O) groups excluding carboxylic acids is 1. The number of fused-ring (bicyclic) bond motifs is 1. The third-order valence-corrected chi connectivity index (χ3v) is 5.30. The summed E-state index contributed by atoms with van der Waals surface area (Å²) in [5.41, 5.74) is 3.96. The molecule has 3 aromatic rings. The number of amides is 1. The highest BCUT2D eigenvalue weighted by Gasteiger charge is 2.24. The van der Waals surface area contributed by atoms with Gasteiger partial charge in [0.05, 0.1) is 6.20 Å². The van der Waals surface area contributed by atoms with E-state index in [0.717, 1.165) is 42.0 Å². The summed E-state index contributed by atoms with van der Waals surface area (Å²) in [5, 5.41) is 8.99. The number of carbonyl (C=O) groups is 1. The molecule has 0 atom stereocenters. The molecular weight excluding hydrogens is 360 g/mol. The Hall–Kier alpha value is -2.66. The molecule has 2 aromatic carbocycles. The minimum Gasteiger partial charge on any atom is -0.333 e. The Bertz CT molecular complexity index is 938. The first kappa shape index (κ1) is 17.7. The predicted molar refractivity (Wildman–Crippen MR) is 105 cm³/mol. The van der Waals surface area contributed by atoms with Crippen LogP contribution in [-0.2, 0) is 25.9 Å². The van der Waals surface area contributed by atoms with Crippen molar-refractivity contribution in [1.82, 2.24) is 19.9 Å². The van der Waals surface area contributed by atoms with Crippen molar-refractivity contribution >= 4 is 17.5 Å². The fourth-order valence-electron chi connectivity index (χ4n) is 3.49. The van der Waals surface area contributed by atoms with Crippen molar-refractivity contribution in [2.24, 2.45) is 0 Å². The quantitative estimate of drug-likeness (QED) is 0.677. The Balaban J connectivity index is 1.36. The van der Waals surface area contributed by atoms with Crippen LogP contribution >= 0.6 is 11.6 Å². The van der Waals surface area contributed by atoms with Crippen molar-refractivity contribution in [2.75, 3.05) is 6.54 Å². The van der Waals surface area contributed by atoms with E-state index in [0.29, 0.717) is 18.8 Å². The van der Waals surface area contributed by atoms with E-state index < -0.39 is 0 Å². The van der Waals surface area contributed by atoms with Crippen LogP contribution in [0.3, 0.4) is 0 Å². The van der Waals surface area contributed by atoms with E-state index in [4.69, 9.17) is 11.6 Å². The molecule has 0 saturated heterocycles. The lowest BCUT2D eigenvalue weighted by molar-refractivity contribution is 0.0728. The predicted octanol–water partition coefficient (Wildman–Crippen LogP) is 3.76. The number of halogens is 1. The largest absolute Gasteiger partial charge is 0.333 e. The second-order valence-electron chi connectivity index (χ2n) is 6.81. The summed E-state index contributed by atoms with van der Waals surface area (Å²) in [5.74, 6) is -0.0741. The minimum atomic E-state index is -0.0741. The summed E-state index contributed by atoms with van der Waals surface area (Å²) in [4.78, 5) is 14.6. The average Bonchev–Trinajstić information content (AvgIpc) is 3.17. The molecule has 0 N–H and O–H groups in total. The summed E-state index contributed by atoms with van der Waals surface area (Å²) in [6.45, 7) is 1.96. The molecule has 5 nitrogen and oxygen atoms in total. The molecule has 0 unspecified atom stereocenters. The summed E-state index contributed by atoms with van der Waals surface area (Å²) in [6, 6.07) is 16.2. The lowest BCUT2D eigenvalue weighted by Crippen LogP contribution is -2.36. The van der Waals surface area contributed by atoms with Gasteiger partial charge in [0.15, 0.2) is 5.69 Å². The van der Waals surface area contributed by atoms with Gasteiger partial charge in [-0.15, -0.1) is 5.10 Å². The summed E-state index contributed by atoms with van der Waals surface area (Å²) < 4.78 is 1.75. The van der Waals surface area contributed by atoms with Gasteiger partial charge in [-0.2, -0.15) is 0 Å². The summed E-state index contributed by atoms with van der Waals surface area (Å²) in [6.07, 6.45) is 4.46. The van der Waals surface area contributed by atoms with E-state index in [1.807, 2.05) is 41.3 Å². The van der Waals surface area contributed by atoms with E-state index in [2.05, 4.69) is 22.4 Å². The average molecular weight is 381 g/mol. The smallest absolute Gasteiger partial charge is 0.276 e. The maximum Gasteiger partial charge on any atom is 0.276 e. The van der Waals surface area contributed by atoms with Gasteiger partial charge >= 0.3 is 0 Å². The molecule has 1 amide bonds. The summed E-state index contributed by atoms with van der Waals surface area (Å²) >= 11 is 6.25. The number of hydrogen-bond donors (Lipinski definition) is 0. The molecule has 27 heavy (non-hydrogen) atoms. The van der Waals surface area contributed by atoms with E-state index in [-0.39, 0.29) is 5.91 Å². The van der Waals surface area contributed by atoms with Crippen molar-refractivity contribution in [3.05, 3.63) is 82.1 Å². The number of nitrogens with zero attached hydrogens (tertiary/aromatic N) is 4. The monoisotopic (exact) mass is 380 g/mol. The Labute approximate surface area is 163 Å². The van der Waals surface area contributed by atoms with Crippen LogP contribution < -0.4 is 0 Å². The van der Waals surface area contributed by atoms with Crippen LogP contribution in [0, 0.1) is 0 Å². The zero-order valence-electron chi connectivity index (χ0n) is 15.0. The van der Waals surface area contributed by atoms with E-state index in [1.165, 1.54) is 5.56 Å². The van der Waals surface area contributed by atoms with Crippen molar-refractivity contribution in [2.45, 2.75) is 32.4 Å². The first-order valence-corrected chi connectivity index (χ1v) is 9.58. The van der Waals surface area contributed by atoms with Gasteiger partial charge in [0.25, 0.3) is 5.91 Å². The maximum absolute atomic E-state index is 12.8. The van der Waals surface area contributed by atoms with Crippen LogP contribution in [0.15, 0.2) is 54.7 Å². The molecule has 4 rings (SSSR count). The van der Waals surface area contributed by atoms with Gasteiger partial charge in [-0.1, -0.05) is 59.3 Å². The molecule has 0 spiro atoms. The number of hydrogen-bond acceptors (Lipinski definition) is 3. The van der Waals surface area contributed by atoms with Gasteiger partial charge < -0.3 is 4.90 Å². The van der Waals surface area contributed by atoms with E-state index in [1.54, 1.807) is 10.9 Å². The molecular formula is C21H21ClN4O. The van der Waals surface area contributed by atoms with Crippen LogP contribution in [0.4, 0.5) is 0 Å². The molecule has 2 heterocycles. The van der Waals surface area contributed by atoms with Gasteiger partial charge in [-0.3, -0.25) is 9.48 Å². The zero-order valence-corrected chi connectivity index (χ0v) is 15.8. The first-order chi connectivity index (χ1) is 13.2. The lowest BCUT2D eigenvalue weighted by atomic mass is 9.99. The standard InChI is InChI=1S/C21H21ClN4O/c22-19-10-4-9-17-14-25(13-11-18(17)19)21(27)20-15-26(24-23-20)12-5-8-16-6-2-1-3-7-16/h1-4,6-7,9-10,15H,5,8,11-14H2. The van der Waals surface area contributed by atoms with Crippen LogP contribution in [-0.4, -0.2) is 32.3 Å². The molecule has 1 aliphatic rings. The Morgan fingerprint density at radius 2 is 1.96 bits per heavy atom. The van der Waals surface area contributed by atoms with Crippen LogP contribution in [0.5, 0.6) is 0 Å². The van der Waals surface area contributed by atoms with Gasteiger partial charge in [0.1, 0.15) is 0 Å². The minimum absolute atomic E-state index is 0.0741. The number of benzene rings is 2. The molecule has 1 aromatic heterocycles. The molecule has 1 aliphatic heterocycles. The van der Waals surface area contributed by atoms with Crippen molar-refractivity contribution in [3.8, 4) is 0 Å². The van der Waals surface area contributed by atoms with Crippen molar-refractivity contribution in [3.63, 3.8) is 0 Å². The van der Waals surface area contributed by atoms with Crippen LogP contribution in [0.25, 0.3) is 0 Å². The molecule has 6 heteroatoms. The molecule has 138 valence electrons. The number of rotatable bonds is 5. The fraction of sp³-hybridized carbons (Fsp3) is 0.286. The normalized spacial score (nSPS) is 13.4. The van der Waals surface area contributed by atoms with Gasteiger partial charge in [-0.25, -0.2) is 0 Å². The van der Waals surface area contributed by atoms with Gasteiger partial charge in [-0.05, 0) is 42.0 Å². The SMILES string of the molecule is O=C(c1cn(CCCc2ccccc2)nn1)N1CCc2c(Cl)cccc2C1. The lowest BCUT2D eigenvalue weighted by Gasteiger charge is -2.28. The number of aryl methyl sites for hydroxylation is 2. The zero-order chi connectivity index (χ0) is 18.6. The second-order valence-corrected chi connectivity index (χ2v) is 7.22. The number of aromatic nitrogens is 3. The Kier molecular flexibility index (Phi) is 5.21. The maximum atomic E-state index is 12.8. The Morgan fingerprint density at radius 1 is 1.11 bits per heavy atom. The highest BCUT2D eigenvalue weighted by molar-refractivity contribution is 6.31. The van der Waals surface area contributed by atoms with Crippen molar-refractivity contribution < 1.29 is 4.79 Å². The topological polar surface area (TPSA) is 51.0 Å². The van der Waals surface area contributed by atoms with E-state index >= 15 is 0 Å². The highest BCUT2D eigenvalue weighted by atomic mass is 35.5. The van der Waals surface area contributed by atoms with Gasteiger partial charge in [0, 0.05) is 24.7 Å². The molecule has 0 aliphatic carbocycles. The van der Waals surface area contributed by atoms with Crippen molar-refractivity contribution in [1.29, 1.82) is 0 Å². The molecule has 0 saturated carbocycles. The highest BCUT2D eigenvalue weighted by Crippen LogP contribution is 2.26. The first-order valence-electron chi connectivity index (χ1n) is 9.20. The molecule has 0 fully saturated rings.